The third-order valence-electron chi connectivity index (χ3n) is 5.19. The number of carbonyl (C=O) groups is 2. The Morgan fingerprint density at radius 3 is 2.41 bits per heavy atom. The molecule has 8 heteroatoms. The van der Waals surface area contributed by atoms with Gasteiger partial charge in [0.15, 0.2) is 0 Å². The van der Waals surface area contributed by atoms with Crippen molar-refractivity contribution in [3.63, 3.8) is 0 Å². The summed E-state index contributed by atoms with van der Waals surface area (Å²) in [7, 11) is 0. The lowest BCUT2D eigenvalue weighted by Gasteiger charge is -2.17. The van der Waals surface area contributed by atoms with E-state index in [2.05, 4.69) is 5.16 Å². The number of nitrogens with zero attached hydrogens (tertiary/aromatic N) is 3. The number of benzene rings is 3. The zero-order valence-corrected chi connectivity index (χ0v) is 14.9. The van der Waals surface area contributed by atoms with E-state index in [4.69, 9.17) is 4.84 Å². The van der Waals surface area contributed by atoms with Gasteiger partial charge >= 0.3 is 0 Å². The topological polar surface area (TPSA) is 102 Å². The highest BCUT2D eigenvalue weighted by molar-refractivity contribution is 6.33. The van der Waals surface area contributed by atoms with Crippen LogP contribution in [0.2, 0.25) is 0 Å². The van der Waals surface area contributed by atoms with Gasteiger partial charge in [0.1, 0.15) is 11.6 Å². The summed E-state index contributed by atoms with van der Waals surface area (Å²) >= 11 is 0. The fraction of sp³-hybridized carbons (Fsp3) is 0.0952. The predicted molar refractivity (Wildman–Crippen MR) is 104 cm³/mol. The molecule has 0 aliphatic carbocycles. The molecular weight excluding hydrogens is 374 g/mol. The molecule has 2 aliphatic heterocycles. The number of fused-ring (bicyclic) bond motifs is 2. The number of nitro benzene ring substituents is 1. The molecule has 2 unspecified atom stereocenters. The van der Waals surface area contributed by atoms with Crippen molar-refractivity contribution < 1.29 is 19.3 Å². The Morgan fingerprint density at radius 1 is 0.931 bits per heavy atom. The van der Waals surface area contributed by atoms with Crippen LogP contribution in [0.4, 0.5) is 11.4 Å². The Kier molecular flexibility index (Phi) is 3.67. The maximum absolute atomic E-state index is 13.2. The lowest BCUT2D eigenvalue weighted by molar-refractivity contribution is -0.384. The first kappa shape index (κ1) is 17.1. The van der Waals surface area contributed by atoms with Crippen molar-refractivity contribution >= 4 is 39.7 Å². The van der Waals surface area contributed by atoms with E-state index in [-0.39, 0.29) is 5.69 Å². The molecule has 142 valence electrons. The Bertz CT molecular complexity index is 1210. The van der Waals surface area contributed by atoms with Gasteiger partial charge in [0, 0.05) is 23.1 Å². The zero-order chi connectivity index (χ0) is 20.1. The lowest BCUT2D eigenvalue weighted by atomic mass is 9.94. The minimum Gasteiger partial charge on any atom is -0.381 e. The molecule has 0 N–H and O–H groups in total. The summed E-state index contributed by atoms with van der Waals surface area (Å²) in [5, 5.41) is 16.5. The van der Waals surface area contributed by atoms with Crippen LogP contribution in [0.1, 0.15) is 5.56 Å². The van der Waals surface area contributed by atoms with Gasteiger partial charge in [0.2, 0.25) is 12.0 Å². The smallest absolute Gasteiger partial charge is 0.278 e. The summed E-state index contributed by atoms with van der Waals surface area (Å²) in [4.78, 5) is 43.0. The van der Waals surface area contributed by atoms with Crippen molar-refractivity contribution in [2.24, 2.45) is 11.1 Å². The van der Waals surface area contributed by atoms with Crippen LogP contribution in [0.15, 0.2) is 71.9 Å². The largest absolute Gasteiger partial charge is 0.381 e. The first-order valence-corrected chi connectivity index (χ1v) is 8.90. The summed E-state index contributed by atoms with van der Waals surface area (Å²) in [6, 6.07) is 18.6. The van der Waals surface area contributed by atoms with E-state index < -0.39 is 28.8 Å². The standard InChI is InChI=1S/C21H13N3O5/c25-20-17-18(13-8-10-14(11-9-13)24(27)28)22-29-19(17)21(26)23(20)16-7-3-5-12-4-1-2-6-15(12)16/h1-11,17,19H. The second kappa shape index (κ2) is 6.23. The van der Waals surface area contributed by atoms with Crippen molar-refractivity contribution in [1.82, 2.24) is 0 Å². The Balaban J connectivity index is 1.54. The third-order valence-corrected chi connectivity index (χ3v) is 5.19. The van der Waals surface area contributed by atoms with Gasteiger partial charge in [0.05, 0.1) is 10.6 Å². The van der Waals surface area contributed by atoms with E-state index in [1.54, 1.807) is 12.1 Å². The molecule has 0 bridgehead atoms. The molecule has 5 rings (SSSR count). The molecule has 1 saturated heterocycles. The van der Waals surface area contributed by atoms with Crippen LogP contribution < -0.4 is 4.90 Å². The molecule has 0 aromatic heterocycles. The highest BCUT2D eigenvalue weighted by atomic mass is 16.7. The van der Waals surface area contributed by atoms with Crippen LogP contribution >= 0.6 is 0 Å². The fourth-order valence-electron chi connectivity index (χ4n) is 3.81. The molecule has 3 aromatic rings. The van der Waals surface area contributed by atoms with Crippen LogP contribution in [0.3, 0.4) is 0 Å². The predicted octanol–water partition coefficient (Wildman–Crippen LogP) is 3.04. The molecule has 0 saturated carbocycles. The summed E-state index contributed by atoms with van der Waals surface area (Å²) in [6.07, 6.45) is -1.04. The Morgan fingerprint density at radius 2 is 1.66 bits per heavy atom. The Hall–Kier alpha value is -4.07. The summed E-state index contributed by atoms with van der Waals surface area (Å²) < 4.78 is 0. The average molecular weight is 387 g/mol. The molecule has 2 heterocycles. The van der Waals surface area contributed by atoms with Gasteiger partial charge in [-0.2, -0.15) is 0 Å². The normalized spacial score (nSPS) is 20.6. The third kappa shape index (κ3) is 2.49. The summed E-state index contributed by atoms with van der Waals surface area (Å²) in [5.41, 5.74) is 1.23. The second-order valence-electron chi connectivity index (χ2n) is 6.79. The molecule has 2 amide bonds. The van der Waals surface area contributed by atoms with E-state index >= 15 is 0 Å². The van der Waals surface area contributed by atoms with E-state index in [9.17, 15) is 19.7 Å². The number of oxime groups is 1. The van der Waals surface area contributed by atoms with Crippen LogP contribution in [-0.4, -0.2) is 28.6 Å². The van der Waals surface area contributed by atoms with Gasteiger partial charge in [-0.05, 0) is 23.6 Å². The molecule has 2 atom stereocenters. The van der Waals surface area contributed by atoms with E-state index in [1.165, 1.54) is 24.3 Å². The molecule has 1 fully saturated rings. The molecule has 3 aromatic carbocycles. The quantitative estimate of drug-likeness (QED) is 0.390. The number of carbonyl (C=O) groups excluding carboxylic acids is 2. The molecule has 8 nitrogen and oxygen atoms in total. The van der Waals surface area contributed by atoms with Crippen LogP contribution in [-0.2, 0) is 14.4 Å². The van der Waals surface area contributed by atoms with Crippen molar-refractivity contribution in [2.75, 3.05) is 4.90 Å². The highest BCUT2D eigenvalue weighted by Gasteiger charge is 2.56. The summed E-state index contributed by atoms with van der Waals surface area (Å²) in [6.45, 7) is 0. The first-order chi connectivity index (χ1) is 14.1. The minimum atomic E-state index is -1.04. The van der Waals surface area contributed by atoms with Crippen LogP contribution in [0, 0.1) is 16.0 Å². The lowest BCUT2D eigenvalue weighted by Crippen LogP contribution is -2.33. The number of nitro groups is 1. The maximum atomic E-state index is 13.2. The van der Waals surface area contributed by atoms with E-state index in [1.807, 2.05) is 30.3 Å². The minimum absolute atomic E-state index is 0.0731. The average Bonchev–Trinajstić information content (AvgIpc) is 3.28. The summed E-state index contributed by atoms with van der Waals surface area (Å²) in [5.74, 6) is -1.79. The monoisotopic (exact) mass is 387 g/mol. The molecule has 2 aliphatic rings. The zero-order valence-electron chi connectivity index (χ0n) is 14.9. The maximum Gasteiger partial charge on any atom is 0.278 e. The van der Waals surface area contributed by atoms with Gasteiger partial charge in [0.25, 0.3) is 11.6 Å². The molecular formula is C21H13N3O5. The number of anilines is 1. The van der Waals surface area contributed by atoms with Crippen molar-refractivity contribution in [1.29, 1.82) is 0 Å². The SMILES string of the molecule is O=C1C2ON=C(c3ccc([N+](=O)[O-])cc3)C2C(=O)N1c1cccc2ccccc12. The fourth-order valence-corrected chi connectivity index (χ4v) is 3.81. The van der Waals surface area contributed by atoms with Crippen LogP contribution in [0.25, 0.3) is 10.8 Å². The highest BCUT2D eigenvalue weighted by Crippen LogP contribution is 2.38. The number of imide groups is 1. The van der Waals surface area contributed by atoms with Gasteiger partial charge in [-0.3, -0.25) is 19.7 Å². The number of amides is 2. The van der Waals surface area contributed by atoms with Crippen LogP contribution in [0.5, 0.6) is 0 Å². The molecule has 0 radical (unpaired) electrons. The van der Waals surface area contributed by atoms with Gasteiger partial charge < -0.3 is 4.84 Å². The van der Waals surface area contributed by atoms with Crippen molar-refractivity contribution in [3.05, 3.63) is 82.4 Å². The van der Waals surface area contributed by atoms with E-state index in [0.29, 0.717) is 17.0 Å². The van der Waals surface area contributed by atoms with Crippen molar-refractivity contribution in [2.45, 2.75) is 6.10 Å². The number of rotatable bonds is 3. The second-order valence-corrected chi connectivity index (χ2v) is 6.79. The molecule has 29 heavy (non-hydrogen) atoms. The number of hydrogen-bond acceptors (Lipinski definition) is 6. The van der Waals surface area contributed by atoms with Gasteiger partial charge in [-0.15, -0.1) is 0 Å². The van der Waals surface area contributed by atoms with Gasteiger partial charge in [-0.1, -0.05) is 41.6 Å². The Labute approximate surface area is 164 Å². The first-order valence-electron chi connectivity index (χ1n) is 8.90. The number of non-ortho nitro benzene ring substituents is 1. The molecule has 0 spiro atoms. The number of hydrogen-bond donors (Lipinski definition) is 0. The van der Waals surface area contributed by atoms with Crippen molar-refractivity contribution in [3.8, 4) is 0 Å². The van der Waals surface area contributed by atoms with Gasteiger partial charge in [-0.25, -0.2) is 4.90 Å². The van der Waals surface area contributed by atoms with E-state index in [0.717, 1.165) is 15.7 Å².